The molecule has 21 heavy (non-hydrogen) atoms. The van der Waals surface area contributed by atoms with Crippen LogP contribution >= 0.6 is 0 Å². The number of hydrogen-bond donors (Lipinski definition) is 1. The van der Waals surface area contributed by atoms with E-state index in [4.69, 9.17) is 4.74 Å². The third kappa shape index (κ3) is 4.04. The van der Waals surface area contributed by atoms with Gasteiger partial charge in [-0.05, 0) is 24.6 Å². The summed E-state index contributed by atoms with van der Waals surface area (Å²) in [6, 6.07) is 14.6. The molecule has 2 rings (SSSR count). The Hall–Kier alpha value is -2.89. The second-order valence-electron chi connectivity index (χ2n) is 4.42. The van der Waals surface area contributed by atoms with E-state index in [-0.39, 0.29) is 17.5 Å². The van der Waals surface area contributed by atoms with Gasteiger partial charge in [-0.3, -0.25) is 10.1 Å². The molecule has 6 heteroatoms. The molecule has 2 aromatic carbocycles. The van der Waals surface area contributed by atoms with E-state index in [2.05, 4.69) is 5.32 Å². The average molecular weight is 286 g/mol. The Balaban J connectivity index is 1.94. The van der Waals surface area contributed by atoms with Gasteiger partial charge in [0.15, 0.2) is 0 Å². The molecule has 0 aliphatic heterocycles. The number of nitrogens with one attached hydrogen (secondary N) is 1. The SMILES string of the molecule is C[C@@H](NC(=O)Oc1ccc([N+](=O)[O-])cc1)c1ccccc1. The Bertz CT molecular complexity index is 626. The quantitative estimate of drug-likeness (QED) is 0.689. The molecule has 0 radical (unpaired) electrons. The highest BCUT2D eigenvalue weighted by atomic mass is 16.6. The largest absolute Gasteiger partial charge is 0.413 e. The summed E-state index contributed by atoms with van der Waals surface area (Å²) in [5.74, 6) is 0.248. The number of non-ortho nitro benzene ring substituents is 1. The van der Waals surface area contributed by atoms with Crippen LogP contribution in [0.5, 0.6) is 5.75 Å². The Kier molecular flexibility index (Phi) is 4.50. The monoisotopic (exact) mass is 286 g/mol. The Labute approximate surface area is 121 Å². The molecule has 0 aliphatic rings. The number of nitrogens with zero attached hydrogens (tertiary/aromatic N) is 1. The highest BCUT2D eigenvalue weighted by molar-refractivity contribution is 5.71. The first-order valence-corrected chi connectivity index (χ1v) is 6.34. The van der Waals surface area contributed by atoms with Crippen LogP contribution in [0, 0.1) is 10.1 Å². The Morgan fingerprint density at radius 3 is 2.33 bits per heavy atom. The summed E-state index contributed by atoms with van der Waals surface area (Å²) in [4.78, 5) is 21.8. The van der Waals surface area contributed by atoms with Gasteiger partial charge in [0, 0.05) is 12.1 Å². The standard InChI is InChI=1S/C15H14N2O4/c1-11(12-5-3-2-4-6-12)16-15(18)21-14-9-7-13(8-10-14)17(19)20/h2-11H,1H3,(H,16,18)/t11-/m1/s1. The van der Waals surface area contributed by atoms with E-state index in [1.807, 2.05) is 37.3 Å². The van der Waals surface area contributed by atoms with Gasteiger partial charge < -0.3 is 10.1 Å². The molecule has 1 amide bonds. The zero-order valence-corrected chi connectivity index (χ0v) is 11.4. The highest BCUT2D eigenvalue weighted by Gasteiger charge is 2.12. The molecule has 0 aliphatic carbocycles. The van der Waals surface area contributed by atoms with Crippen LogP contribution in [0.1, 0.15) is 18.5 Å². The van der Waals surface area contributed by atoms with Crippen LogP contribution in [-0.4, -0.2) is 11.0 Å². The van der Waals surface area contributed by atoms with Crippen LogP contribution in [0.4, 0.5) is 10.5 Å². The number of benzene rings is 2. The van der Waals surface area contributed by atoms with E-state index in [1.54, 1.807) is 0 Å². The first-order chi connectivity index (χ1) is 10.1. The van der Waals surface area contributed by atoms with E-state index in [1.165, 1.54) is 24.3 Å². The van der Waals surface area contributed by atoms with Crippen molar-refractivity contribution >= 4 is 11.8 Å². The van der Waals surface area contributed by atoms with E-state index >= 15 is 0 Å². The highest BCUT2D eigenvalue weighted by Crippen LogP contribution is 2.18. The van der Waals surface area contributed by atoms with Crippen molar-refractivity contribution in [3.05, 3.63) is 70.3 Å². The normalized spacial score (nSPS) is 11.5. The minimum absolute atomic E-state index is 0.0552. The number of ether oxygens (including phenoxy) is 1. The molecule has 2 aromatic rings. The first-order valence-electron chi connectivity index (χ1n) is 6.34. The van der Waals surface area contributed by atoms with Crippen LogP contribution < -0.4 is 10.1 Å². The average Bonchev–Trinajstić information content (AvgIpc) is 2.48. The number of carbonyl (C=O) groups excluding carboxylic acids is 1. The fourth-order valence-electron chi connectivity index (χ4n) is 1.77. The van der Waals surface area contributed by atoms with Gasteiger partial charge in [-0.1, -0.05) is 30.3 Å². The topological polar surface area (TPSA) is 81.5 Å². The number of nitro benzene ring substituents is 1. The van der Waals surface area contributed by atoms with Gasteiger partial charge in [0.2, 0.25) is 0 Å². The first kappa shape index (κ1) is 14.5. The Morgan fingerprint density at radius 1 is 1.14 bits per heavy atom. The molecule has 0 bridgehead atoms. The predicted molar refractivity (Wildman–Crippen MR) is 77.1 cm³/mol. The van der Waals surface area contributed by atoms with Crippen molar-refractivity contribution in [2.75, 3.05) is 0 Å². The summed E-state index contributed by atoms with van der Waals surface area (Å²) in [7, 11) is 0. The zero-order valence-electron chi connectivity index (χ0n) is 11.4. The number of rotatable bonds is 4. The molecule has 0 spiro atoms. The summed E-state index contributed by atoms with van der Waals surface area (Å²) in [6.07, 6.45) is -0.611. The molecular formula is C15H14N2O4. The maximum Gasteiger partial charge on any atom is 0.413 e. The summed E-state index contributed by atoms with van der Waals surface area (Å²) in [5, 5.41) is 13.2. The van der Waals surface area contributed by atoms with Crippen molar-refractivity contribution in [1.82, 2.24) is 5.32 Å². The van der Waals surface area contributed by atoms with Crippen molar-refractivity contribution < 1.29 is 14.5 Å². The molecule has 108 valence electrons. The van der Waals surface area contributed by atoms with Crippen LogP contribution in [0.15, 0.2) is 54.6 Å². The molecule has 0 heterocycles. The lowest BCUT2D eigenvalue weighted by atomic mass is 10.1. The van der Waals surface area contributed by atoms with Gasteiger partial charge in [-0.25, -0.2) is 4.79 Å². The van der Waals surface area contributed by atoms with Crippen LogP contribution in [0.3, 0.4) is 0 Å². The van der Waals surface area contributed by atoms with Gasteiger partial charge >= 0.3 is 6.09 Å². The minimum atomic E-state index is -0.611. The molecular weight excluding hydrogens is 272 g/mol. The summed E-state index contributed by atoms with van der Waals surface area (Å²) in [5.41, 5.74) is 0.901. The summed E-state index contributed by atoms with van der Waals surface area (Å²) < 4.78 is 5.07. The van der Waals surface area contributed by atoms with Crippen LogP contribution in [-0.2, 0) is 0 Å². The van der Waals surface area contributed by atoms with Crippen molar-refractivity contribution in [2.45, 2.75) is 13.0 Å². The number of hydrogen-bond acceptors (Lipinski definition) is 4. The van der Waals surface area contributed by atoms with Crippen molar-refractivity contribution in [2.24, 2.45) is 0 Å². The van der Waals surface area contributed by atoms with E-state index in [9.17, 15) is 14.9 Å². The van der Waals surface area contributed by atoms with Crippen molar-refractivity contribution in [3.8, 4) is 5.75 Å². The van der Waals surface area contributed by atoms with Crippen molar-refractivity contribution in [3.63, 3.8) is 0 Å². The molecule has 0 saturated carbocycles. The van der Waals surface area contributed by atoms with Crippen LogP contribution in [0.25, 0.3) is 0 Å². The molecule has 0 aromatic heterocycles. The van der Waals surface area contributed by atoms with E-state index in [0.29, 0.717) is 0 Å². The maximum absolute atomic E-state index is 11.7. The van der Waals surface area contributed by atoms with Crippen molar-refractivity contribution in [1.29, 1.82) is 0 Å². The van der Waals surface area contributed by atoms with Gasteiger partial charge in [0.05, 0.1) is 11.0 Å². The van der Waals surface area contributed by atoms with E-state index < -0.39 is 11.0 Å². The molecule has 0 saturated heterocycles. The predicted octanol–water partition coefficient (Wildman–Crippen LogP) is 3.44. The second kappa shape index (κ2) is 6.51. The lowest BCUT2D eigenvalue weighted by Gasteiger charge is -2.14. The second-order valence-corrected chi connectivity index (χ2v) is 4.42. The zero-order chi connectivity index (χ0) is 15.2. The third-order valence-corrected chi connectivity index (χ3v) is 2.89. The lowest BCUT2D eigenvalue weighted by Crippen LogP contribution is -2.29. The van der Waals surface area contributed by atoms with Gasteiger partial charge in [-0.15, -0.1) is 0 Å². The van der Waals surface area contributed by atoms with Gasteiger partial charge in [-0.2, -0.15) is 0 Å². The number of nitro groups is 1. The Morgan fingerprint density at radius 2 is 1.76 bits per heavy atom. The molecule has 0 fully saturated rings. The lowest BCUT2D eigenvalue weighted by molar-refractivity contribution is -0.384. The van der Waals surface area contributed by atoms with E-state index in [0.717, 1.165) is 5.56 Å². The number of carbonyl (C=O) groups is 1. The molecule has 6 nitrogen and oxygen atoms in total. The molecule has 0 unspecified atom stereocenters. The molecule has 1 atom stereocenters. The third-order valence-electron chi connectivity index (χ3n) is 2.89. The summed E-state index contributed by atoms with van der Waals surface area (Å²) >= 11 is 0. The smallest absolute Gasteiger partial charge is 0.410 e. The van der Waals surface area contributed by atoms with Crippen LogP contribution in [0.2, 0.25) is 0 Å². The molecule has 1 N–H and O–H groups in total. The number of amides is 1. The minimum Gasteiger partial charge on any atom is -0.410 e. The fraction of sp³-hybridized carbons (Fsp3) is 0.133. The fourth-order valence-corrected chi connectivity index (χ4v) is 1.77. The van der Waals surface area contributed by atoms with Gasteiger partial charge in [0.1, 0.15) is 5.75 Å². The maximum atomic E-state index is 11.7. The van der Waals surface area contributed by atoms with Gasteiger partial charge in [0.25, 0.3) is 5.69 Å². The summed E-state index contributed by atoms with van der Waals surface area (Å²) in [6.45, 7) is 1.84.